The number of carbonyl (C=O) groups excluding carboxylic acids is 1. The summed E-state index contributed by atoms with van der Waals surface area (Å²) >= 11 is 0. The summed E-state index contributed by atoms with van der Waals surface area (Å²) in [4.78, 5) is 24.0. The lowest BCUT2D eigenvalue weighted by Gasteiger charge is -2.10. The molecule has 5 rings (SSSR count). The topological polar surface area (TPSA) is 93.2 Å². The lowest BCUT2D eigenvalue weighted by molar-refractivity contribution is 0.102. The van der Waals surface area contributed by atoms with Gasteiger partial charge >= 0.3 is 0 Å². The maximum atomic E-state index is 13.1. The number of hydrogen-bond acceptors (Lipinski definition) is 6. The van der Waals surface area contributed by atoms with E-state index < -0.39 is 0 Å². The zero-order valence-corrected chi connectivity index (χ0v) is 19.2. The van der Waals surface area contributed by atoms with Crippen molar-refractivity contribution >= 4 is 17.2 Å². The summed E-state index contributed by atoms with van der Waals surface area (Å²) in [6.07, 6.45) is 3.36. The van der Waals surface area contributed by atoms with Gasteiger partial charge in [-0.2, -0.15) is 10.2 Å². The summed E-state index contributed by atoms with van der Waals surface area (Å²) in [7, 11) is 4.04. The van der Waals surface area contributed by atoms with Gasteiger partial charge in [0.25, 0.3) is 5.91 Å². The Balaban J connectivity index is 1.50. The molecule has 1 N–H and O–H groups in total. The van der Waals surface area contributed by atoms with Gasteiger partial charge in [-0.05, 0) is 69.0 Å². The van der Waals surface area contributed by atoms with E-state index in [4.69, 9.17) is 0 Å². The van der Waals surface area contributed by atoms with Gasteiger partial charge < -0.3 is 10.2 Å². The highest BCUT2D eigenvalue weighted by Crippen LogP contribution is 2.24. The molecule has 4 heterocycles. The first kappa shape index (κ1) is 21.5. The number of rotatable bonds is 6. The van der Waals surface area contributed by atoms with Gasteiger partial charge in [0, 0.05) is 29.7 Å². The van der Waals surface area contributed by atoms with E-state index >= 15 is 0 Å². The number of fused-ring (bicyclic) bond motifs is 1. The van der Waals surface area contributed by atoms with Crippen molar-refractivity contribution in [3.63, 3.8) is 0 Å². The highest BCUT2D eigenvalue weighted by atomic mass is 16.2. The van der Waals surface area contributed by atoms with Crippen molar-refractivity contribution in [2.45, 2.75) is 13.5 Å². The number of carbonyl (C=O) groups is 1. The molecule has 1 aromatic carbocycles. The minimum atomic E-state index is -0.296. The van der Waals surface area contributed by atoms with Crippen LogP contribution in [-0.4, -0.2) is 54.3 Å². The average molecular weight is 453 g/mol. The van der Waals surface area contributed by atoms with Crippen molar-refractivity contribution in [3.05, 3.63) is 90.1 Å². The van der Waals surface area contributed by atoms with E-state index in [2.05, 4.69) is 30.4 Å². The maximum absolute atomic E-state index is 13.1. The van der Waals surface area contributed by atoms with Crippen molar-refractivity contribution < 1.29 is 4.79 Å². The van der Waals surface area contributed by atoms with Crippen LogP contribution in [0.4, 0.5) is 5.69 Å². The van der Waals surface area contributed by atoms with Crippen LogP contribution in [-0.2, 0) is 6.54 Å². The Hall–Kier alpha value is -4.37. The molecular formula is C25H24N8O. The number of aromatic nitrogens is 6. The number of benzene rings is 1. The molecule has 0 bridgehead atoms. The van der Waals surface area contributed by atoms with Crippen LogP contribution in [0.2, 0.25) is 0 Å². The van der Waals surface area contributed by atoms with Crippen LogP contribution in [0.5, 0.6) is 0 Å². The molecule has 0 unspecified atom stereocenters. The SMILES string of the molecule is Cc1cccc(-n2nc(C(=O)Nc3ccc(CN(C)C)cc3)cc2-c2ccc3ncnn3c2)n1. The fourth-order valence-electron chi connectivity index (χ4n) is 3.74. The minimum absolute atomic E-state index is 0.286. The van der Waals surface area contributed by atoms with Crippen molar-refractivity contribution in [1.82, 2.24) is 34.3 Å². The first-order valence-electron chi connectivity index (χ1n) is 10.9. The van der Waals surface area contributed by atoms with E-state index in [9.17, 15) is 4.79 Å². The van der Waals surface area contributed by atoms with Gasteiger partial charge in [-0.3, -0.25) is 4.79 Å². The molecule has 4 aromatic heterocycles. The van der Waals surface area contributed by atoms with Gasteiger partial charge in [-0.15, -0.1) is 0 Å². The highest BCUT2D eigenvalue weighted by molar-refractivity contribution is 6.03. The van der Waals surface area contributed by atoms with E-state index in [1.165, 1.54) is 11.9 Å². The van der Waals surface area contributed by atoms with Crippen molar-refractivity contribution in [3.8, 4) is 17.1 Å². The number of nitrogens with zero attached hydrogens (tertiary/aromatic N) is 7. The predicted octanol–water partition coefficient (Wildman–Crippen LogP) is 3.60. The molecule has 0 saturated carbocycles. The summed E-state index contributed by atoms with van der Waals surface area (Å²) in [5, 5.41) is 11.8. The van der Waals surface area contributed by atoms with Crippen LogP contribution in [0.1, 0.15) is 21.7 Å². The van der Waals surface area contributed by atoms with E-state index in [-0.39, 0.29) is 11.6 Å². The Morgan fingerprint density at radius 2 is 1.88 bits per heavy atom. The summed E-state index contributed by atoms with van der Waals surface area (Å²) < 4.78 is 3.37. The molecule has 0 atom stereocenters. The molecule has 0 spiro atoms. The van der Waals surface area contributed by atoms with Crippen molar-refractivity contribution in [2.24, 2.45) is 0 Å². The number of anilines is 1. The fraction of sp³-hybridized carbons (Fsp3) is 0.160. The van der Waals surface area contributed by atoms with Crippen LogP contribution < -0.4 is 5.32 Å². The highest BCUT2D eigenvalue weighted by Gasteiger charge is 2.18. The van der Waals surface area contributed by atoms with Gasteiger partial charge in [-0.1, -0.05) is 18.2 Å². The fourth-order valence-corrected chi connectivity index (χ4v) is 3.74. The summed E-state index contributed by atoms with van der Waals surface area (Å²) in [5.74, 6) is 0.329. The molecule has 0 saturated heterocycles. The zero-order chi connectivity index (χ0) is 23.7. The first-order chi connectivity index (χ1) is 16.5. The normalized spacial score (nSPS) is 11.3. The number of pyridine rings is 2. The molecule has 0 aliphatic carbocycles. The maximum Gasteiger partial charge on any atom is 0.276 e. The summed E-state index contributed by atoms with van der Waals surface area (Å²) in [6, 6.07) is 19.1. The van der Waals surface area contributed by atoms with E-state index in [0.717, 1.165) is 29.1 Å². The third kappa shape index (κ3) is 4.41. The third-order valence-electron chi connectivity index (χ3n) is 5.31. The summed E-state index contributed by atoms with van der Waals surface area (Å²) in [6.45, 7) is 2.75. The molecule has 9 nitrogen and oxygen atoms in total. The van der Waals surface area contributed by atoms with Gasteiger partial charge in [0.1, 0.15) is 6.33 Å². The number of amides is 1. The second-order valence-corrected chi connectivity index (χ2v) is 8.33. The van der Waals surface area contributed by atoms with E-state index in [1.54, 1.807) is 15.3 Å². The molecule has 1 amide bonds. The smallest absolute Gasteiger partial charge is 0.276 e. The molecule has 9 heteroatoms. The van der Waals surface area contributed by atoms with Gasteiger partial charge in [-0.25, -0.2) is 19.2 Å². The second kappa shape index (κ2) is 8.87. The quantitative estimate of drug-likeness (QED) is 0.423. The molecule has 0 aliphatic rings. The minimum Gasteiger partial charge on any atom is -0.321 e. The third-order valence-corrected chi connectivity index (χ3v) is 5.31. The second-order valence-electron chi connectivity index (χ2n) is 8.33. The zero-order valence-electron chi connectivity index (χ0n) is 19.2. The molecule has 34 heavy (non-hydrogen) atoms. The molecular weight excluding hydrogens is 428 g/mol. The lowest BCUT2D eigenvalue weighted by atomic mass is 10.2. The lowest BCUT2D eigenvalue weighted by Crippen LogP contribution is -2.14. The van der Waals surface area contributed by atoms with Crippen LogP contribution in [0.25, 0.3) is 22.7 Å². The molecule has 170 valence electrons. The summed E-state index contributed by atoms with van der Waals surface area (Å²) in [5.41, 5.74) is 5.32. The molecule has 0 fully saturated rings. The van der Waals surface area contributed by atoms with Gasteiger partial charge in [0.15, 0.2) is 17.2 Å². The Morgan fingerprint density at radius 3 is 2.65 bits per heavy atom. The largest absolute Gasteiger partial charge is 0.321 e. The van der Waals surface area contributed by atoms with Gasteiger partial charge in [0.2, 0.25) is 0 Å². The molecule has 0 aliphatic heterocycles. The first-order valence-corrected chi connectivity index (χ1v) is 10.9. The predicted molar refractivity (Wildman–Crippen MR) is 130 cm³/mol. The van der Waals surface area contributed by atoms with Crippen LogP contribution in [0, 0.1) is 6.92 Å². The Bertz CT molecular complexity index is 1470. The standard InChI is InChI=1S/C25H24N8O/c1-17-5-4-6-24(28-17)33-22(19-9-12-23-26-16-27-32(23)15-19)13-21(30-33)25(34)29-20-10-7-18(8-11-20)14-31(2)3/h4-13,15-16H,14H2,1-3H3,(H,29,34). The molecule has 5 aromatic rings. The average Bonchev–Trinajstić information content (AvgIpc) is 3.47. The van der Waals surface area contributed by atoms with E-state index in [1.807, 2.05) is 81.8 Å². The van der Waals surface area contributed by atoms with Crippen LogP contribution in [0.15, 0.2) is 73.2 Å². The number of nitrogens with one attached hydrogen (secondary N) is 1. The van der Waals surface area contributed by atoms with Crippen molar-refractivity contribution in [2.75, 3.05) is 19.4 Å². The van der Waals surface area contributed by atoms with Crippen LogP contribution in [0.3, 0.4) is 0 Å². The Labute approximate surface area is 196 Å². The monoisotopic (exact) mass is 452 g/mol. The van der Waals surface area contributed by atoms with Crippen molar-refractivity contribution in [1.29, 1.82) is 0 Å². The molecule has 0 radical (unpaired) electrons. The van der Waals surface area contributed by atoms with Crippen LogP contribution >= 0.6 is 0 Å². The number of hydrogen-bond donors (Lipinski definition) is 1. The Morgan fingerprint density at radius 1 is 1.06 bits per heavy atom. The number of aryl methyl sites for hydroxylation is 1. The van der Waals surface area contributed by atoms with Gasteiger partial charge in [0.05, 0.1) is 5.69 Å². The Kier molecular flexibility index (Phi) is 5.60. The van der Waals surface area contributed by atoms with E-state index in [0.29, 0.717) is 11.5 Å².